The fourth-order valence-electron chi connectivity index (χ4n) is 2.30. The standard InChI is InChI=1S/C19H13ClFNO3/c1-11-6-7-12(15(21)8-11)16-9-18(13(10-22-16)19(23)24)25-17-5-3-2-4-14(17)20/h2-10H,1H3,(H,23,24). The Kier molecular flexibility index (Phi) is 4.67. The number of para-hydroxylation sites is 1. The fraction of sp³-hybridized carbons (Fsp3) is 0.0526. The number of hydrogen-bond donors (Lipinski definition) is 1. The van der Waals surface area contributed by atoms with Crippen LogP contribution in [0.25, 0.3) is 11.3 Å². The molecule has 4 nitrogen and oxygen atoms in total. The van der Waals surface area contributed by atoms with E-state index in [1.54, 1.807) is 43.3 Å². The zero-order chi connectivity index (χ0) is 18.0. The number of aromatic nitrogens is 1. The lowest BCUT2D eigenvalue weighted by Crippen LogP contribution is -2.02. The van der Waals surface area contributed by atoms with Gasteiger partial charge < -0.3 is 9.84 Å². The second-order valence-corrected chi connectivity index (χ2v) is 5.79. The molecule has 0 aliphatic heterocycles. The topological polar surface area (TPSA) is 59.4 Å². The summed E-state index contributed by atoms with van der Waals surface area (Å²) < 4.78 is 19.9. The Balaban J connectivity index is 2.09. The molecule has 1 aromatic heterocycles. The molecule has 2 aromatic carbocycles. The molecule has 0 amide bonds. The van der Waals surface area contributed by atoms with Crippen LogP contribution < -0.4 is 4.74 Å². The van der Waals surface area contributed by atoms with Gasteiger partial charge >= 0.3 is 5.97 Å². The van der Waals surface area contributed by atoms with Crippen molar-refractivity contribution in [3.05, 3.63) is 76.7 Å². The predicted molar refractivity (Wildman–Crippen MR) is 92.9 cm³/mol. The summed E-state index contributed by atoms with van der Waals surface area (Å²) in [5, 5.41) is 9.67. The van der Waals surface area contributed by atoms with Crippen LogP contribution in [0.5, 0.6) is 11.5 Å². The van der Waals surface area contributed by atoms with Gasteiger partial charge in [-0.3, -0.25) is 4.98 Å². The van der Waals surface area contributed by atoms with Gasteiger partial charge in [-0.15, -0.1) is 0 Å². The van der Waals surface area contributed by atoms with Gasteiger partial charge in [0.05, 0.1) is 10.7 Å². The van der Waals surface area contributed by atoms with Gasteiger partial charge in [0.1, 0.15) is 22.9 Å². The maximum Gasteiger partial charge on any atom is 0.341 e. The van der Waals surface area contributed by atoms with Crippen LogP contribution in [-0.4, -0.2) is 16.1 Å². The highest BCUT2D eigenvalue weighted by Crippen LogP contribution is 2.33. The third-order valence-electron chi connectivity index (χ3n) is 3.55. The molecule has 0 aliphatic rings. The van der Waals surface area contributed by atoms with Gasteiger partial charge in [0.15, 0.2) is 0 Å². The fourth-order valence-corrected chi connectivity index (χ4v) is 2.48. The maximum absolute atomic E-state index is 14.2. The van der Waals surface area contributed by atoms with Crippen molar-refractivity contribution in [1.29, 1.82) is 0 Å². The van der Waals surface area contributed by atoms with Crippen molar-refractivity contribution in [2.45, 2.75) is 6.92 Å². The number of pyridine rings is 1. The number of carboxylic acids is 1. The highest BCUT2D eigenvalue weighted by atomic mass is 35.5. The van der Waals surface area contributed by atoms with Gasteiger partial charge in [0.25, 0.3) is 0 Å². The molecule has 0 aliphatic carbocycles. The number of ether oxygens (including phenoxy) is 1. The number of carbonyl (C=O) groups is 1. The summed E-state index contributed by atoms with van der Waals surface area (Å²) >= 11 is 6.06. The quantitative estimate of drug-likeness (QED) is 0.684. The van der Waals surface area contributed by atoms with Gasteiger partial charge in [0, 0.05) is 17.8 Å². The van der Waals surface area contributed by atoms with E-state index < -0.39 is 11.8 Å². The summed E-state index contributed by atoms with van der Waals surface area (Å²) in [6.07, 6.45) is 1.14. The molecule has 1 heterocycles. The Morgan fingerprint density at radius 2 is 1.92 bits per heavy atom. The van der Waals surface area contributed by atoms with Crippen LogP contribution in [0.4, 0.5) is 4.39 Å². The summed E-state index contributed by atoms with van der Waals surface area (Å²) in [5.74, 6) is -1.32. The summed E-state index contributed by atoms with van der Waals surface area (Å²) in [5.41, 5.74) is 1.16. The van der Waals surface area contributed by atoms with Gasteiger partial charge in [-0.05, 0) is 36.8 Å². The van der Waals surface area contributed by atoms with Gasteiger partial charge in [-0.1, -0.05) is 29.8 Å². The van der Waals surface area contributed by atoms with Crippen LogP contribution in [0.3, 0.4) is 0 Å². The number of carboxylic acid groups (broad SMARTS) is 1. The van der Waals surface area contributed by atoms with Crippen molar-refractivity contribution in [2.24, 2.45) is 0 Å². The molecule has 0 atom stereocenters. The van der Waals surface area contributed by atoms with Crippen LogP contribution in [0.2, 0.25) is 5.02 Å². The van der Waals surface area contributed by atoms with Crippen LogP contribution in [0.15, 0.2) is 54.7 Å². The molecular formula is C19H13ClFNO3. The number of hydrogen-bond acceptors (Lipinski definition) is 3. The van der Waals surface area contributed by atoms with E-state index in [9.17, 15) is 14.3 Å². The first-order valence-electron chi connectivity index (χ1n) is 7.38. The lowest BCUT2D eigenvalue weighted by atomic mass is 10.1. The molecule has 0 radical (unpaired) electrons. The zero-order valence-corrected chi connectivity index (χ0v) is 13.9. The highest BCUT2D eigenvalue weighted by molar-refractivity contribution is 6.32. The lowest BCUT2D eigenvalue weighted by molar-refractivity contribution is 0.0693. The number of aromatic carboxylic acids is 1. The first-order valence-corrected chi connectivity index (χ1v) is 7.76. The van der Waals surface area contributed by atoms with Gasteiger partial charge in [0.2, 0.25) is 0 Å². The minimum atomic E-state index is -1.20. The Labute approximate surface area is 148 Å². The van der Waals surface area contributed by atoms with E-state index in [0.717, 1.165) is 11.8 Å². The summed E-state index contributed by atoms with van der Waals surface area (Å²) in [6.45, 7) is 1.78. The van der Waals surface area contributed by atoms with Crippen molar-refractivity contribution < 1.29 is 19.0 Å². The monoisotopic (exact) mass is 357 g/mol. The van der Waals surface area contributed by atoms with E-state index >= 15 is 0 Å². The molecule has 6 heteroatoms. The molecule has 0 unspecified atom stereocenters. The Morgan fingerprint density at radius 3 is 2.60 bits per heavy atom. The first-order chi connectivity index (χ1) is 12.0. The number of rotatable bonds is 4. The van der Waals surface area contributed by atoms with E-state index in [0.29, 0.717) is 10.8 Å². The second-order valence-electron chi connectivity index (χ2n) is 5.39. The van der Waals surface area contributed by atoms with E-state index in [1.807, 2.05) is 0 Å². The minimum absolute atomic E-state index is 0.0329. The number of aryl methyl sites for hydroxylation is 1. The molecule has 0 saturated heterocycles. The number of benzene rings is 2. The molecule has 1 N–H and O–H groups in total. The summed E-state index contributed by atoms with van der Waals surface area (Å²) in [7, 11) is 0. The van der Waals surface area contributed by atoms with E-state index in [4.69, 9.17) is 16.3 Å². The summed E-state index contributed by atoms with van der Waals surface area (Å²) in [4.78, 5) is 15.5. The normalized spacial score (nSPS) is 10.5. The summed E-state index contributed by atoms with van der Waals surface area (Å²) in [6, 6.07) is 12.8. The van der Waals surface area contributed by atoms with Crippen LogP contribution in [0.1, 0.15) is 15.9 Å². The highest BCUT2D eigenvalue weighted by Gasteiger charge is 2.17. The average Bonchev–Trinajstić information content (AvgIpc) is 2.56. The van der Waals surface area contributed by atoms with Gasteiger partial charge in [-0.2, -0.15) is 0 Å². The van der Waals surface area contributed by atoms with Gasteiger partial charge in [-0.25, -0.2) is 9.18 Å². The predicted octanol–water partition coefficient (Wildman–Crippen LogP) is 5.34. The van der Waals surface area contributed by atoms with Crippen molar-refractivity contribution in [2.75, 3.05) is 0 Å². The second kappa shape index (κ2) is 6.91. The van der Waals surface area contributed by atoms with Crippen LogP contribution >= 0.6 is 11.6 Å². The molecule has 0 bridgehead atoms. The third-order valence-corrected chi connectivity index (χ3v) is 3.87. The molecule has 3 rings (SSSR count). The molecule has 126 valence electrons. The molecular weight excluding hydrogens is 345 g/mol. The average molecular weight is 358 g/mol. The maximum atomic E-state index is 14.2. The third kappa shape index (κ3) is 3.61. The van der Waals surface area contributed by atoms with Crippen LogP contribution in [0, 0.1) is 12.7 Å². The smallest absolute Gasteiger partial charge is 0.341 e. The van der Waals surface area contributed by atoms with E-state index in [-0.39, 0.29) is 22.6 Å². The van der Waals surface area contributed by atoms with Crippen molar-refractivity contribution in [3.8, 4) is 22.8 Å². The Hall–Kier alpha value is -2.92. The minimum Gasteiger partial charge on any atom is -0.477 e. The molecule has 0 saturated carbocycles. The number of nitrogens with zero attached hydrogens (tertiary/aromatic N) is 1. The van der Waals surface area contributed by atoms with Crippen molar-refractivity contribution in [3.63, 3.8) is 0 Å². The zero-order valence-electron chi connectivity index (χ0n) is 13.2. The SMILES string of the molecule is Cc1ccc(-c2cc(Oc3ccccc3Cl)c(C(=O)O)cn2)c(F)c1. The molecule has 0 spiro atoms. The first kappa shape index (κ1) is 16.9. The van der Waals surface area contributed by atoms with Crippen molar-refractivity contribution in [1.82, 2.24) is 4.98 Å². The van der Waals surface area contributed by atoms with E-state index in [1.165, 1.54) is 12.1 Å². The lowest BCUT2D eigenvalue weighted by Gasteiger charge is -2.12. The molecule has 3 aromatic rings. The Bertz CT molecular complexity index is 959. The molecule has 0 fully saturated rings. The van der Waals surface area contributed by atoms with Crippen molar-refractivity contribution >= 4 is 17.6 Å². The molecule has 25 heavy (non-hydrogen) atoms. The number of halogens is 2. The van der Waals surface area contributed by atoms with E-state index in [2.05, 4.69) is 4.98 Å². The Morgan fingerprint density at radius 1 is 1.16 bits per heavy atom. The largest absolute Gasteiger partial charge is 0.477 e. The van der Waals surface area contributed by atoms with Crippen LogP contribution in [-0.2, 0) is 0 Å².